The van der Waals surface area contributed by atoms with E-state index in [4.69, 9.17) is 4.74 Å². The first-order chi connectivity index (χ1) is 9.04. The first-order valence-electron chi connectivity index (χ1n) is 6.28. The highest BCUT2D eigenvalue weighted by atomic mass is 32.1. The van der Waals surface area contributed by atoms with Crippen molar-refractivity contribution in [2.75, 3.05) is 25.5 Å². The molecule has 0 spiro atoms. The van der Waals surface area contributed by atoms with Crippen molar-refractivity contribution in [3.63, 3.8) is 0 Å². The topological polar surface area (TPSA) is 67.4 Å². The summed E-state index contributed by atoms with van der Waals surface area (Å²) in [5.74, 6) is -0.541. The molecule has 0 saturated carbocycles. The van der Waals surface area contributed by atoms with Gasteiger partial charge in [0.2, 0.25) is 5.91 Å². The summed E-state index contributed by atoms with van der Waals surface area (Å²) in [5.41, 5.74) is 1.44. The summed E-state index contributed by atoms with van der Waals surface area (Å²) < 4.78 is 5.07. The number of aryl methyl sites for hydroxylation is 1. The van der Waals surface area contributed by atoms with Gasteiger partial charge in [0.05, 0.1) is 18.7 Å². The molecule has 0 aliphatic carbocycles. The number of carbonyl (C=O) groups excluding carboxylic acids is 2. The van der Waals surface area contributed by atoms with Crippen molar-refractivity contribution < 1.29 is 14.3 Å². The van der Waals surface area contributed by atoms with E-state index >= 15 is 0 Å². The summed E-state index contributed by atoms with van der Waals surface area (Å²) in [7, 11) is 1.70. The second-order valence-corrected chi connectivity index (χ2v) is 5.22. The molecule has 0 radical (unpaired) electrons. The fourth-order valence-electron chi connectivity index (χ4n) is 1.84. The zero-order chi connectivity index (χ0) is 14.4. The first-order valence-corrected chi connectivity index (χ1v) is 7.10. The summed E-state index contributed by atoms with van der Waals surface area (Å²) in [6.07, 6.45) is 0.735. The Morgan fingerprint density at radius 3 is 2.53 bits per heavy atom. The minimum atomic E-state index is -0.372. The van der Waals surface area contributed by atoms with Crippen molar-refractivity contribution >= 4 is 28.2 Å². The van der Waals surface area contributed by atoms with Gasteiger partial charge in [-0.3, -0.25) is 4.79 Å². The fourth-order valence-corrected chi connectivity index (χ4v) is 2.99. The molecule has 0 atom stereocenters. The summed E-state index contributed by atoms with van der Waals surface area (Å²) in [6, 6.07) is 0. The van der Waals surface area contributed by atoms with E-state index in [1.54, 1.807) is 14.0 Å². The molecule has 0 aliphatic heterocycles. The Morgan fingerprint density at radius 2 is 2.00 bits per heavy atom. The number of ether oxygens (including phenoxy) is 1. The Morgan fingerprint density at radius 1 is 1.32 bits per heavy atom. The van der Waals surface area contributed by atoms with Crippen LogP contribution in [-0.4, -0.2) is 32.1 Å². The van der Waals surface area contributed by atoms with E-state index in [0.717, 1.165) is 16.9 Å². The summed E-state index contributed by atoms with van der Waals surface area (Å²) in [5, 5.41) is 6.11. The second-order valence-electron chi connectivity index (χ2n) is 3.99. The molecule has 106 valence electrons. The molecular weight excluding hydrogens is 264 g/mol. The van der Waals surface area contributed by atoms with Crippen LogP contribution in [0.1, 0.15) is 34.6 Å². The molecular formula is C13H20N2O3S. The summed E-state index contributed by atoms with van der Waals surface area (Å²) in [6.45, 7) is 6.22. The molecule has 2 N–H and O–H groups in total. The predicted octanol–water partition coefficient (Wildman–Crippen LogP) is 1.95. The number of carbonyl (C=O) groups is 2. The fraction of sp³-hybridized carbons (Fsp3) is 0.538. The molecule has 0 saturated heterocycles. The molecule has 1 aromatic heterocycles. The van der Waals surface area contributed by atoms with E-state index in [9.17, 15) is 9.59 Å². The number of rotatable bonds is 6. The highest BCUT2D eigenvalue weighted by Crippen LogP contribution is 2.33. The van der Waals surface area contributed by atoms with Crippen LogP contribution in [0.2, 0.25) is 0 Å². The van der Waals surface area contributed by atoms with Gasteiger partial charge in [0.25, 0.3) is 0 Å². The third-order valence-electron chi connectivity index (χ3n) is 2.63. The third kappa shape index (κ3) is 3.78. The Bertz CT molecular complexity index is 469. The van der Waals surface area contributed by atoms with Crippen LogP contribution < -0.4 is 10.6 Å². The van der Waals surface area contributed by atoms with Gasteiger partial charge in [-0.25, -0.2) is 4.79 Å². The number of likely N-dealkylation sites (N-methyl/N-ethyl adjacent to an activating group) is 1. The monoisotopic (exact) mass is 284 g/mol. The highest BCUT2D eigenvalue weighted by molar-refractivity contribution is 7.16. The maximum Gasteiger partial charge on any atom is 0.341 e. The van der Waals surface area contributed by atoms with E-state index in [-0.39, 0.29) is 18.4 Å². The van der Waals surface area contributed by atoms with Gasteiger partial charge in [-0.2, -0.15) is 0 Å². The van der Waals surface area contributed by atoms with Crippen molar-refractivity contribution in [2.45, 2.75) is 27.2 Å². The van der Waals surface area contributed by atoms with Crippen LogP contribution in [-0.2, 0) is 16.0 Å². The molecule has 0 bridgehead atoms. The molecule has 0 aromatic carbocycles. The van der Waals surface area contributed by atoms with Gasteiger partial charge in [-0.1, -0.05) is 6.92 Å². The Hall–Kier alpha value is -1.40. The molecule has 0 aliphatic rings. The van der Waals surface area contributed by atoms with Crippen molar-refractivity contribution in [2.24, 2.45) is 0 Å². The first kappa shape index (κ1) is 15.7. The van der Waals surface area contributed by atoms with Gasteiger partial charge >= 0.3 is 5.97 Å². The number of hydrogen-bond acceptors (Lipinski definition) is 5. The average molecular weight is 284 g/mol. The number of anilines is 1. The molecule has 0 unspecified atom stereocenters. The van der Waals surface area contributed by atoms with Crippen molar-refractivity contribution in [3.8, 4) is 0 Å². The number of thiophene rings is 1. The van der Waals surface area contributed by atoms with E-state index < -0.39 is 0 Å². The van der Waals surface area contributed by atoms with E-state index in [1.807, 2.05) is 13.8 Å². The number of esters is 1. The molecule has 1 aromatic rings. The Balaban J connectivity index is 3.09. The Kier molecular flexibility index (Phi) is 5.98. The second kappa shape index (κ2) is 7.25. The van der Waals surface area contributed by atoms with Gasteiger partial charge in [-0.05, 0) is 32.9 Å². The lowest BCUT2D eigenvalue weighted by Crippen LogP contribution is -2.25. The minimum Gasteiger partial charge on any atom is -0.462 e. The van der Waals surface area contributed by atoms with Gasteiger partial charge in [0.15, 0.2) is 0 Å². The normalized spacial score (nSPS) is 10.3. The summed E-state index contributed by atoms with van der Waals surface area (Å²) in [4.78, 5) is 24.7. The maximum absolute atomic E-state index is 12.0. The number of amides is 1. The smallest absolute Gasteiger partial charge is 0.341 e. The number of nitrogens with one attached hydrogen (secondary N) is 2. The zero-order valence-corrected chi connectivity index (χ0v) is 12.6. The predicted molar refractivity (Wildman–Crippen MR) is 76.9 cm³/mol. The molecule has 1 rings (SSSR count). The molecule has 0 fully saturated rings. The quantitative estimate of drug-likeness (QED) is 0.784. The van der Waals surface area contributed by atoms with Crippen LogP contribution >= 0.6 is 11.3 Å². The van der Waals surface area contributed by atoms with Crippen LogP contribution in [0.3, 0.4) is 0 Å². The van der Waals surface area contributed by atoms with Crippen LogP contribution in [0.25, 0.3) is 0 Å². The van der Waals surface area contributed by atoms with E-state index in [2.05, 4.69) is 10.6 Å². The third-order valence-corrected chi connectivity index (χ3v) is 3.70. The van der Waals surface area contributed by atoms with Gasteiger partial charge in [0.1, 0.15) is 5.00 Å². The van der Waals surface area contributed by atoms with Crippen molar-refractivity contribution in [1.82, 2.24) is 5.32 Å². The standard InChI is InChI=1S/C13H20N2O3S/c1-5-9-8(3)19-12(15-10(16)7-14-4)11(9)13(17)18-6-2/h14H,5-7H2,1-4H3,(H,15,16). The molecule has 5 nitrogen and oxygen atoms in total. The lowest BCUT2D eigenvalue weighted by molar-refractivity contribution is -0.115. The van der Waals surface area contributed by atoms with Gasteiger partial charge < -0.3 is 15.4 Å². The van der Waals surface area contributed by atoms with Gasteiger partial charge in [-0.15, -0.1) is 11.3 Å². The lowest BCUT2D eigenvalue weighted by atomic mass is 10.1. The largest absolute Gasteiger partial charge is 0.462 e. The van der Waals surface area contributed by atoms with Crippen LogP contribution in [0.4, 0.5) is 5.00 Å². The minimum absolute atomic E-state index is 0.169. The molecule has 19 heavy (non-hydrogen) atoms. The van der Waals surface area contributed by atoms with Crippen LogP contribution in [0.15, 0.2) is 0 Å². The highest BCUT2D eigenvalue weighted by Gasteiger charge is 2.23. The van der Waals surface area contributed by atoms with Crippen LogP contribution in [0, 0.1) is 6.92 Å². The van der Waals surface area contributed by atoms with Crippen LogP contribution in [0.5, 0.6) is 0 Å². The lowest BCUT2D eigenvalue weighted by Gasteiger charge is -2.07. The molecule has 6 heteroatoms. The molecule has 1 heterocycles. The van der Waals surface area contributed by atoms with Crippen molar-refractivity contribution in [1.29, 1.82) is 0 Å². The molecule has 1 amide bonds. The zero-order valence-electron chi connectivity index (χ0n) is 11.8. The van der Waals surface area contributed by atoms with E-state index in [1.165, 1.54) is 11.3 Å². The maximum atomic E-state index is 12.0. The summed E-state index contributed by atoms with van der Waals surface area (Å²) >= 11 is 1.41. The average Bonchev–Trinajstić information content (AvgIpc) is 2.65. The SMILES string of the molecule is CCOC(=O)c1c(NC(=O)CNC)sc(C)c1CC. The van der Waals surface area contributed by atoms with Crippen molar-refractivity contribution in [3.05, 3.63) is 16.0 Å². The van der Waals surface area contributed by atoms with Gasteiger partial charge in [0, 0.05) is 4.88 Å². The Labute approximate surface area is 117 Å². The number of hydrogen-bond donors (Lipinski definition) is 2. The van der Waals surface area contributed by atoms with E-state index in [0.29, 0.717) is 17.2 Å².